The van der Waals surface area contributed by atoms with E-state index in [0.717, 1.165) is 17.3 Å². The summed E-state index contributed by atoms with van der Waals surface area (Å²) in [6.45, 7) is 0.0924. The quantitative estimate of drug-likeness (QED) is 0.776. The van der Waals surface area contributed by atoms with Crippen molar-refractivity contribution < 1.29 is 24.2 Å². The molecule has 6 nitrogen and oxygen atoms in total. The first kappa shape index (κ1) is 18.3. The molecule has 0 spiro atoms. The maximum Gasteiger partial charge on any atom is 0.286 e. The zero-order valence-corrected chi connectivity index (χ0v) is 15.0. The molecule has 0 aromatic heterocycles. The van der Waals surface area contributed by atoms with E-state index in [1.54, 1.807) is 31.4 Å². The largest absolute Gasteiger partial charge is 0.496 e. The fraction of sp³-hybridized carbons (Fsp3) is 0.263. The van der Waals surface area contributed by atoms with Crippen molar-refractivity contribution in [3.8, 4) is 11.5 Å². The van der Waals surface area contributed by atoms with E-state index < -0.39 is 6.10 Å². The molecule has 1 aliphatic rings. The summed E-state index contributed by atoms with van der Waals surface area (Å²) in [5.41, 5.74) is 1.60. The van der Waals surface area contributed by atoms with E-state index in [4.69, 9.17) is 9.47 Å². The van der Waals surface area contributed by atoms with Gasteiger partial charge in [-0.15, -0.1) is 0 Å². The SMILES string of the molecule is COc1ccccc1[C@H](O)COc1ccc(CC2SC(=O)NC2=O)cc1. The predicted molar refractivity (Wildman–Crippen MR) is 98.5 cm³/mol. The smallest absolute Gasteiger partial charge is 0.286 e. The molecule has 2 aromatic rings. The summed E-state index contributed by atoms with van der Waals surface area (Å²) in [5.74, 6) is 0.975. The summed E-state index contributed by atoms with van der Waals surface area (Å²) in [7, 11) is 1.56. The molecule has 136 valence electrons. The third-order valence-electron chi connectivity index (χ3n) is 4.02. The number of ether oxygens (including phenoxy) is 2. The summed E-state index contributed by atoms with van der Waals surface area (Å²) < 4.78 is 10.9. The molecule has 2 amide bonds. The number of benzene rings is 2. The van der Waals surface area contributed by atoms with Gasteiger partial charge in [-0.3, -0.25) is 14.9 Å². The van der Waals surface area contributed by atoms with Crippen LogP contribution in [0.5, 0.6) is 11.5 Å². The number of aliphatic hydroxyl groups is 1. The Kier molecular flexibility index (Phi) is 5.80. The van der Waals surface area contributed by atoms with Crippen molar-refractivity contribution in [1.29, 1.82) is 0 Å². The van der Waals surface area contributed by atoms with Gasteiger partial charge >= 0.3 is 0 Å². The van der Waals surface area contributed by atoms with Gasteiger partial charge in [0.05, 0.1) is 12.4 Å². The molecule has 1 saturated heterocycles. The maximum atomic E-state index is 11.6. The zero-order valence-electron chi connectivity index (χ0n) is 14.2. The van der Waals surface area contributed by atoms with Gasteiger partial charge in [-0.25, -0.2) is 0 Å². The number of imide groups is 1. The highest BCUT2D eigenvalue weighted by atomic mass is 32.2. The third-order valence-corrected chi connectivity index (χ3v) is 5.00. The number of aliphatic hydroxyl groups excluding tert-OH is 1. The number of para-hydroxylation sites is 1. The van der Waals surface area contributed by atoms with E-state index in [2.05, 4.69) is 5.32 Å². The Bertz CT molecular complexity index is 793. The Hall–Kier alpha value is -2.51. The van der Waals surface area contributed by atoms with Crippen molar-refractivity contribution in [2.45, 2.75) is 17.8 Å². The van der Waals surface area contributed by atoms with Crippen LogP contribution in [0.25, 0.3) is 0 Å². The monoisotopic (exact) mass is 373 g/mol. The fourth-order valence-corrected chi connectivity index (χ4v) is 3.53. The average Bonchev–Trinajstić information content (AvgIpc) is 2.97. The molecule has 1 heterocycles. The van der Waals surface area contributed by atoms with Gasteiger partial charge in [0.25, 0.3) is 5.24 Å². The Labute approximate surface area is 155 Å². The second-order valence-electron chi connectivity index (χ2n) is 5.80. The van der Waals surface area contributed by atoms with Crippen molar-refractivity contribution in [3.63, 3.8) is 0 Å². The van der Waals surface area contributed by atoms with Gasteiger partial charge in [0.2, 0.25) is 5.91 Å². The van der Waals surface area contributed by atoms with Crippen LogP contribution in [-0.4, -0.2) is 35.2 Å². The Morgan fingerprint density at radius 2 is 1.88 bits per heavy atom. The molecule has 1 unspecified atom stereocenters. The number of thioether (sulfide) groups is 1. The second-order valence-corrected chi connectivity index (χ2v) is 6.98. The minimum Gasteiger partial charge on any atom is -0.496 e. The first-order valence-corrected chi connectivity index (χ1v) is 8.99. The third kappa shape index (κ3) is 4.36. The highest BCUT2D eigenvalue weighted by Gasteiger charge is 2.31. The van der Waals surface area contributed by atoms with Crippen LogP contribution in [0.3, 0.4) is 0 Å². The van der Waals surface area contributed by atoms with Crippen molar-refractivity contribution in [3.05, 3.63) is 59.7 Å². The summed E-state index contributed by atoms with van der Waals surface area (Å²) in [6.07, 6.45) is -0.331. The molecular weight excluding hydrogens is 354 g/mol. The van der Waals surface area contributed by atoms with Crippen LogP contribution in [0.1, 0.15) is 17.2 Å². The first-order valence-electron chi connectivity index (χ1n) is 8.11. The van der Waals surface area contributed by atoms with Gasteiger partial charge in [0.15, 0.2) is 0 Å². The minimum absolute atomic E-state index is 0.0924. The van der Waals surface area contributed by atoms with E-state index in [-0.39, 0.29) is 23.0 Å². The van der Waals surface area contributed by atoms with Gasteiger partial charge in [-0.2, -0.15) is 0 Å². The normalized spacial score (nSPS) is 17.7. The molecule has 0 bridgehead atoms. The van der Waals surface area contributed by atoms with Crippen LogP contribution in [0, 0.1) is 0 Å². The van der Waals surface area contributed by atoms with Crippen LogP contribution >= 0.6 is 11.8 Å². The van der Waals surface area contributed by atoms with Crippen LogP contribution in [-0.2, 0) is 11.2 Å². The number of carbonyl (C=O) groups is 2. The lowest BCUT2D eigenvalue weighted by atomic mass is 10.1. The number of hydrogen-bond donors (Lipinski definition) is 2. The van der Waals surface area contributed by atoms with Crippen LogP contribution in [0.2, 0.25) is 0 Å². The molecule has 7 heteroatoms. The average molecular weight is 373 g/mol. The number of hydrogen-bond acceptors (Lipinski definition) is 6. The van der Waals surface area contributed by atoms with E-state index in [1.165, 1.54) is 0 Å². The van der Waals surface area contributed by atoms with E-state index in [1.807, 2.05) is 24.3 Å². The highest BCUT2D eigenvalue weighted by molar-refractivity contribution is 8.15. The Balaban J connectivity index is 1.56. The molecule has 0 radical (unpaired) electrons. The molecule has 0 aliphatic carbocycles. The number of rotatable bonds is 7. The summed E-state index contributed by atoms with van der Waals surface area (Å²) in [4.78, 5) is 22.8. The molecular formula is C19H19NO5S. The molecule has 2 atom stereocenters. The first-order chi connectivity index (χ1) is 12.6. The number of carbonyl (C=O) groups excluding carboxylic acids is 2. The lowest BCUT2D eigenvalue weighted by Crippen LogP contribution is -2.25. The molecule has 26 heavy (non-hydrogen) atoms. The number of methoxy groups -OCH3 is 1. The molecule has 0 saturated carbocycles. The van der Waals surface area contributed by atoms with Crippen LogP contribution < -0.4 is 14.8 Å². The number of amides is 2. The lowest BCUT2D eigenvalue weighted by molar-refractivity contribution is -0.118. The maximum absolute atomic E-state index is 11.6. The van der Waals surface area contributed by atoms with Crippen molar-refractivity contribution in [2.24, 2.45) is 0 Å². The fourth-order valence-electron chi connectivity index (χ4n) is 2.67. The summed E-state index contributed by atoms with van der Waals surface area (Å²) in [6, 6.07) is 14.5. The zero-order chi connectivity index (χ0) is 18.5. The van der Waals surface area contributed by atoms with Crippen LogP contribution in [0.4, 0.5) is 4.79 Å². The number of nitrogens with one attached hydrogen (secondary N) is 1. The second kappa shape index (κ2) is 8.25. The topological polar surface area (TPSA) is 84.9 Å². The van der Waals surface area contributed by atoms with Crippen molar-refractivity contribution in [2.75, 3.05) is 13.7 Å². The Morgan fingerprint density at radius 1 is 1.15 bits per heavy atom. The van der Waals surface area contributed by atoms with Gasteiger partial charge in [-0.1, -0.05) is 42.1 Å². The molecule has 1 fully saturated rings. The van der Waals surface area contributed by atoms with Gasteiger partial charge in [-0.05, 0) is 30.2 Å². The van der Waals surface area contributed by atoms with Gasteiger partial charge in [0, 0.05) is 5.56 Å². The van der Waals surface area contributed by atoms with E-state index >= 15 is 0 Å². The highest BCUT2D eigenvalue weighted by Crippen LogP contribution is 2.26. The van der Waals surface area contributed by atoms with E-state index in [9.17, 15) is 14.7 Å². The van der Waals surface area contributed by atoms with Crippen molar-refractivity contribution in [1.82, 2.24) is 5.32 Å². The minimum atomic E-state index is -0.810. The molecule has 1 aliphatic heterocycles. The van der Waals surface area contributed by atoms with Gasteiger partial charge in [0.1, 0.15) is 24.2 Å². The molecule has 3 rings (SSSR count). The standard InChI is InChI=1S/C19H19NO5S/c1-24-16-5-3-2-4-14(16)15(21)11-25-13-8-6-12(7-9-13)10-17-18(22)20-19(23)26-17/h2-9,15,17,21H,10-11H2,1H3,(H,20,22,23)/t15-,17?/m1/s1. The van der Waals surface area contributed by atoms with Gasteiger partial charge < -0.3 is 14.6 Å². The van der Waals surface area contributed by atoms with Crippen LogP contribution in [0.15, 0.2) is 48.5 Å². The Morgan fingerprint density at radius 3 is 2.54 bits per heavy atom. The van der Waals surface area contributed by atoms with Crippen molar-refractivity contribution >= 4 is 22.9 Å². The summed E-state index contributed by atoms with van der Waals surface area (Å²) >= 11 is 1.01. The molecule has 2 N–H and O–H groups in total. The lowest BCUT2D eigenvalue weighted by Gasteiger charge is -2.15. The predicted octanol–water partition coefficient (Wildman–Crippen LogP) is 2.70. The summed E-state index contributed by atoms with van der Waals surface area (Å²) in [5, 5.41) is 11.9. The molecule has 2 aromatic carbocycles. The van der Waals surface area contributed by atoms with E-state index in [0.29, 0.717) is 23.5 Å².